The highest BCUT2D eigenvalue weighted by atomic mass is 19.1. The molecule has 0 saturated heterocycles. The molecular weight excluding hydrogens is 314 g/mol. The first-order valence-electron chi connectivity index (χ1n) is 7.83. The molecule has 5 nitrogen and oxygen atoms in total. The van der Waals surface area contributed by atoms with E-state index in [9.17, 15) is 8.78 Å². The summed E-state index contributed by atoms with van der Waals surface area (Å²) < 4.78 is 33.1. The van der Waals surface area contributed by atoms with Gasteiger partial charge in [0, 0.05) is 24.6 Å². The van der Waals surface area contributed by atoms with E-state index >= 15 is 0 Å². The molecule has 0 spiro atoms. The molecule has 24 heavy (non-hydrogen) atoms. The lowest BCUT2D eigenvalue weighted by atomic mass is 10.1. The molecule has 2 atom stereocenters. The van der Waals surface area contributed by atoms with Crippen molar-refractivity contribution in [1.29, 1.82) is 0 Å². The number of hydrogen-bond donors (Lipinski definition) is 2. The summed E-state index contributed by atoms with van der Waals surface area (Å²) in [6.07, 6.45) is 0.662. The number of aliphatic imine (C=N–C) groups is 1. The number of guanidine groups is 1. The molecule has 1 aliphatic rings. The normalized spacial score (nSPS) is 20.1. The Morgan fingerprint density at radius 2 is 2.04 bits per heavy atom. The van der Waals surface area contributed by atoms with E-state index in [4.69, 9.17) is 4.42 Å². The molecule has 1 aromatic heterocycles. The van der Waals surface area contributed by atoms with Gasteiger partial charge in [-0.2, -0.15) is 0 Å². The Balaban J connectivity index is 1.57. The lowest BCUT2D eigenvalue weighted by Crippen LogP contribution is -2.38. The van der Waals surface area contributed by atoms with Gasteiger partial charge in [0.2, 0.25) is 5.89 Å². The molecule has 3 rings (SSSR count). The van der Waals surface area contributed by atoms with Gasteiger partial charge < -0.3 is 15.1 Å². The third-order valence-electron chi connectivity index (χ3n) is 4.19. The summed E-state index contributed by atoms with van der Waals surface area (Å²) in [6, 6.07) is 3.90. The molecule has 1 heterocycles. The Morgan fingerprint density at radius 3 is 2.62 bits per heavy atom. The first-order valence-corrected chi connectivity index (χ1v) is 7.83. The van der Waals surface area contributed by atoms with E-state index in [2.05, 4.69) is 20.6 Å². The van der Waals surface area contributed by atoms with Gasteiger partial charge in [0.05, 0.1) is 12.2 Å². The minimum atomic E-state index is -0.502. The van der Waals surface area contributed by atoms with Crippen LogP contribution >= 0.6 is 0 Å². The predicted octanol–water partition coefficient (Wildman–Crippen LogP) is 2.79. The van der Waals surface area contributed by atoms with Gasteiger partial charge in [-0.25, -0.2) is 13.8 Å². The number of rotatable bonds is 4. The maximum Gasteiger partial charge on any atom is 0.214 e. The highest BCUT2D eigenvalue weighted by Crippen LogP contribution is 2.43. The minimum absolute atomic E-state index is 0.0457. The third-order valence-corrected chi connectivity index (χ3v) is 4.19. The van der Waals surface area contributed by atoms with Crippen molar-refractivity contribution in [2.75, 3.05) is 7.05 Å². The summed E-state index contributed by atoms with van der Waals surface area (Å²) in [7, 11) is 1.64. The zero-order valence-electron chi connectivity index (χ0n) is 13.9. The first-order chi connectivity index (χ1) is 11.5. The quantitative estimate of drug-likeness (QED) is 0.667. The van der Waals surface area contributed by atoms with Crippen LogP contribution in [0.1, 0.15) is 35.2 Å². The van der Waals surface area contributed by atoms with E-state index in [1.54, 1.807) is 7.05 Å². The molecule has 2 aromatic rings. The van der Waals surface area contributed by atoms with Gasteiger partial charge in [-0.1, -0.05) is 6.07 Å². The molecular formula is C17H20F2N4O. The maximum absolute atomic E-state index is 13.8. The second-order valence-electron chi connectivity index (χ2n) is 5.90. The van der Waals surface area contributed by atoms with Crippen LogP contribution in [0.4, 0.5) is 8.78 Å². The number of aromatic nitrogens is 1. The van der Waals surface area contributed by atoms with E-state index in [1.165, 1.54) is 18.2 Å². The fourth-order valence-electron chi connectivity index (χ4n) is 2.68. The van der Waals surface area contributed by atoms with Crippen LogP contribution < -0.4 is 10.6 Å². The number of hydrogen-bond acceptors (Lipinski definition) is 3. The van der Waals surface area contributed by atoms with Gasteiger partial charge in [0.15, 0.2) is 5.96 Å². The molecule has 2 N–H and O–H groups in total. The highest BCUT2D eigenvalue weighted by molar-refractivity contribution is 5.80. The molecule has 128 valence electrons. The van der Waals surface area contributed by atoms with Gasteiger partial charge in [-0.15, -0.1) is 0 Å². The molecule has 1 aliphatic carbocycles. The van der Waals surface area contributed by atoms with Crippen LogP contribution in [-0.2, 0) is 6.54 Å². The Hall–Kier alpha value is -2.44. The van der Waals surface area contributed by atoms with Crippen molar-refractivity contribution in [3.63, 3.8) is 0 Å². The van der Waals surface area contributed by atoms with Gasteiger partial charge in [0.1, 0.15) is 17.4 Å². The van der Waals surface area contributed by atoms with Crippen LogP contribution in [0.5, 0.6) is 0 Å². The van der Waals surface area contributed by atoms with Gasteiger partial charge in [-0.05, 0) is 32.4 Å². The molecule has 7 heteroatoms. The van der Waals surface area contributed by atoms with Crippen LogP contribution in [0.2, 0.25) is 0 Å². The third kappa shape index (κ3) is 3.39. The van der Waals surface area contributed by atoms with Crippen LogP contribution in [0.15, 0.2) is 27.6 Å². The SMILES string of the molecule is CN=C(NCc1nc(C)c(C)o1)NC1CC1c1c(F)cccc1F. The average Bonchev–Trinajstić information content (AvgIpc) is 3.21. The number of nitrogens with one attached hydrogen (secondary N) is 2. The van der Waals surface area contributed by atoms with Crippen LogP contribution in [0.3, 0.4) is 0 Å². The van der Waals surface area contributed by atoms with E-state index in [1.807, 2.05) is 13.8 Å². The van der Waals surface area contributed by atoms with E-state index < -0.39 is 11.6 Å². The molecule has 0 bridgehead atoms. The van der Waals surface area contributed by atoms with Crippen molar-refractivity contribution < 1.29 is 13.2 Å². The first kappa shape index (κ1) is 16.4. The zero-order chi connectivity index (χ0) is 17.3. The van der Waals surface area contributed by atoms with Crippen molar-refractivity contribution in [3.05, 3.63) is 52.7 Å². The van der Waals surface area contributed by atoms with Gasteiger partial charge >= 0.3 is 0 Å². The number of aryl methyl sites for hydroxylation is 2. The van der Waals surface area contributed by atoms with Crippen LogP contribution in [0, 0.1) is 25.5 Å². The molecule has 2 unspecified atom stereocenters. The molecule has 0 amide bonds. The number of benzene rings is 1. The summed E-state index contributed by atoms with van der Waals surface area (Å²) >= 11 is 0. The number of nitrogens with zero attached hydrogens (tertiary/aromatic N) is 2. The van der Waals surface area contributed by atoms with Gasteiger partial charge in [-0.3, -0.25) is 4.99 Å². The summed E-state index contributed by atoms with van der Waals surface area (Å²) in [6.45, 7) is 4.13. The van der Waals surface area contributed by atoms with Crippen molar-refractivity contribution in [3.8, 4) is 0 Å². The summed E-state index contributed by atoms with van der Waals surface area (Å²) in [5, 5.41) is 6.27. The molecule has 1 fully saturated rings. The van der Waals surface area contributed by atoms with Crippen LogP contribution in [-0.4, -0.2) is 24.0 Å². The predicted molar refractivity (Wildman–Crippen MR) is 86.8 cm³/mol. The topological polar surface area (TPSA) is 62.5 Å². The minimum Gasteiger partial charge on any atom is -0.444 e. The molecule has 1 aromatic carbocycles. The van der Waals surface area contributed by atoms with E-state index in [0.29, 0.717) is 24.8 Å². The van der Waals surface area contributed by atoms with Crippen molar-refractivity contribution in [2.45, 2.75) is 38.8 Å². The Bertz CT molecular complexity index is 732. The fourth-order valence-corrected chi connectivity index (χ4v) is 2.68. The molecule has 0 radical (unpaired) electrons. The molecule has 0 aliphatic heterocycles. The second kappa shape index (κ2) is 6.59. The monoisotopic (exact) mass is 334 g/mol. The number of halogens is 2. The summed E-state index contributed by atoms with van der Waals surface area (Å²) in [5.41, 5.74) is 0.997. The van der Waals surface area contributed by atoms with Gasteiger partial charge in [0.25, 0.3) is 0 Å². The lowest BCUT2D eigenvalue weighted by molar-refractivity contribution is 0.463. The molecule has 1 saturated carbocycles. The number of oxazole rings is 1. The largest absolute Gasteiger partial charge is 0.444 e. The average molecular weight is 334 g/mol. The van der Waals surface area contributed by atoms with E-state index in [0.717, 1.165) is 11.5 Å². The Labute approximate surface area is 139 Å². The standard InChI is InChI=1S/C17H20F2N4O/c1-9-10(2)24-15(22-9)8-21-17(20-3)23-14-7-11(14)16-12(18)5-4-6-13(16)19/h4-6,11,14H,7-8H2,1-3H3,(H2,20,21,23). The maximum atomic E-state index is 13.8. The fraction of sp³-hybridized carbons (Fsp3) is 0.412. The van der Waals surface area contributed by atoms with Crippen molar-refractivity contribution in [2.24, 2.45) is 4.99 Å². The Morgan fingerprint density at radius 1 is 1.33 bits per heavy atom. The van der Waals surface area contributed by atoms with Crippen molar-refractivity contribution >= 4 is 5.96 Å². The summed E-state index contributed by atoms with van der Waals surface area (Å²) in [4.78, 5) is 8.41. The lowest BCUT2D eigenvalue weighted by Gasteiger charge is -2.11. The van der Waals surface area contributed by atoms with Crippen LogP contribution in [0.25, 0.3) is 0 Å². The van der Waals surface area contributed by atoms with Crippen molar-refractivity contribution in [1.82, 2.24) is 15.6 Å². The zero-order valence-corrected chi connectivity index (χ0v) is 13.9. The second-order valence-corrected chi connectivity index (χ2v) is 5.90. The van der Waals surface area contributed by atoms with E-state index in [-0.39, 0.29) is 17.5 Å². The highest BCUT2D eigenvalue weighted by Gasteiger charge is 2.42. The summed E-state index contributed by atoms with van der Waals surface area (Å²) in [5.74, 6) is 0.715. The smallest absolute Gasteiger partial charge is 0.214 e. The Kier molecular flexibility index (Phi) is 4.51.